The van der Waals surface area contributed by atoms with Gasteiger partial charge in [0.15, 0.2) is 0 Å². The monoisotopic (exact) mass is 610 g/mol. The molecule has 0 fully saturated rings. The van der Waals surface area contributed by atoms with Crippen molar-refractivity contribution in [3.05, 3.63) is 83.9 Å². The van der Waals surface area contributed by atoms with Crippen LogP contribution in [0, 0.1) is 5.41 Å². The van der Waals surface area contributed by atoms with E-state index in [9.17, 15) is 22.8 Å². The van der Waals surface area contributed by atoms with Crippen molar-refractivity contribution in [2.24, 2.45) is 5.14 Å². The number of rotatable bonds is 11. The van der Waals surface area contributed by atoms with Gasteiger partial charge in [-0.3, -0.25) is 15.5 Å². The van der Waals surface area contributed by atoms with Gasteiger partial charge in [0, 0.05) is 30.6 Å². The molecule has 0 aliphatic rings. The van der Waals surface area contributed by atoms with Gasteiger partial charge in [-0.15, -0.1) is 0 Å². The quantitative estimate of drug-likeness (QED) is 0.124. The maximum atomic E-state index is 13.3. The molecule has 0 bridgehead atoms. The zero-order valence-corrected chi connectivity index (χ0v) is 24.8. The molecule has 0 heterocycles. The second kappa shape index (κ2) is 14.9. The highest BCUT2D eigenvalue weighted by molar-refractivity contribution is 7.89. The first-order valence-electron chi connectivity index (χ1n) is 13.3. The van der Waals surface area contributed by atoms with Crippen molar-refractivity contribution in [2.45, 2.75) is 44.7 Å². The Morgan fingerprint density at radius 2 is 1.65 bits per heavy atom. The average Bonchev–Trinajstić information content (AvgIpc) is 2.97. The lowest BCUT2D eigenvalue weighted by molar-refractivity contribution is -0.141. The van der Waals surface area contributed by atoms with Crippen LogP contribution in [-0.4, -0.2) is 56.6 Å². The highest BCUT2D eigenvalue weighted by atomic mass is 32.2. The van der Waals surface area contributed by atoms with E-state index >= 15 is 0 Å². The number of nitrogens with one attached hydrogen (secondary N) is 2. The van der Waals surface area contributed by atoms with Crippen LogP contribution in [0.25, 0.3) is 11.1 Å². The molecule has 0 saturated carbocycles. The predicted octanol–water partition coefficient (Wildman–Crippen LogP) is 4.42. The molecule has 1 atom stereocenters. The van der Waals surface area contributed by atoms with E-state index in [2.05, 4.69) is 5.32 Å². The minimum atomic E-state index is -3.93. The first-order valence-corrected chi connectivity index (χ1v) is 14.9. The van der Waals surface area contributed by atoms with Crippen molar-refractivity contribution in [3.63, 3.8) is 0 Å². The number of ether oxygens (including phenoxy) is 3. The Bertz CT molecular complexity index is 1570. The number of nitrogens with two attached hydrogens (primary N) is 1. The number of primary sulfonamides is 1. The van der Waals surface area contributed by atoms with Crippen LogP contribution in [-0.2, 0) is 30.8 Å². The summed E-state index contributed by atoms with van der Waals surface area (Å²) in [6, 6.07) is 19.4. The third-order valence-corrected chi connectivity index (χ3v) is 7.31. The summed E-state index contributed by atoms with van der Waals surface area (Å²) >= 11 is 0. The smallest absolute Gasteiger partial charge is 0.415 e. The van der Waals surface area contributed by atoms with E-state index < -0.39 is 28.2 Å². The van der Waals surface area contributed by atoms with Crippen LogP contribution in [0.3, 0.4) is 0 Å². The molecule has 4 N–H and O–H groups in total. The van der Waals surface area contributed by atoms with E-state index in [1.807, 2.05) is 13.8 Å². The fraction of sp³-hybridized carbons (Fsp3) is 0.267. The number of benzene rings is 3. The number of carbonyl (C=O) groups excluding carboxylic acids is 3. The molecule has 3 rings (SSSR count). The van der Waals surface area contributed by atoms with E-state index in [0.29, 0.717) is 28.7 Å². The van der Waals surface area contributed by atoms with Gasteiger partial charge in [0.05, 0.1) is 4.90 Å². The standard InChI is InChI=1S/C30H34N4O8S/c1-4-20(2)34(19-22-8-7-9-24(18-22)28(31)33-29(36)41-17-16-40-21(3)35)30(37)42-25-14-12-23(13-15-25)26-10-5-6-11-27(26)43(32,38)39/h5-15,18,20H,4,16-17,19H2,1-3H3,(H2,31,33,36)(H2,32,38,39). The normalized spacial score (nSPS) is 11.6. The average molecular weight is 611 g/mol. The third-order valence-electron chi connectivity index (χ3n) is 6.34. The fourth-order valence-electron chi connectivity index (χ4n) is 3.99. The van der Waals surface area contributed by atoms with Gasteiger partial charge in [0.25, 0.3) is 0 Å². The van der Waals surface area contributed by atoms with E-state index in [0.717, 1.165) is 0 Å². The van der Waals surface area contributed by atoms with Crippen LogP contribution in [0.5, 0.6) is 5.75 Å². The Morgan fingerprint density at radius 3 is 2.30 bits per heavy atom. The highest BCUT2D eigenvalue weighted by Gasteiger charge is 2.22. The maximum absolute atomic E-state index is 13.3. The minimum Gasteiger partial charge on any atom is -0.462 e. The van der Waals surface area contributed by atoms with Gasteiger partial charge < -0.3 is 19.1 Å². The summed E-state index contributed by atoms with van der Waals surface area (Å²) in [6.45, 7) is 4.98. The molecule has 0 aliphatic heterocycles. The molecule has 0 radical (unpaired) electrons. The lowest BCUT2D eigenvalue weighted by Crippen LogP contribution is -2.39. The number of esters is 1. The van der Waals surface area contributed by atoms with Crippen LogP contribution in [0.4, 0.5) is 9.59 Å². The summed E-state index contributed by atoms with van der Waals surface area (Å²) in [7, 11) is -3.93. The Labute approximate surface area is 250 Å². The number of amides is 2. The number of hydrogen-bond donors (Lipinski definition) is 3. The molecule has 1 unspecified atom stereocenters. The third kappa shape index (κ3) is 9.65. The van der Waals surface area contributed by atoms with Crippen molar-refractivity contribution in [3.8, 4) is 16.9 Å². The van der Waals surface area contributed by atoms with Crippen LogP contribution in [0.2, 0.25) is 0 Å². The molecular weight excluding hydrogens is 576 g/mol. The summed E-state index contributed by atoms with van der Waals surface area (Å²) in [5, 5.41) is 15.9. The Kier molecular flexibility index (Phi) is 11.4. The first-order chi connectivity index (χ1) is 20.4. The molecule has 12 nitrogen and oxygen atoms in total. The van der Waals surface area contributed by atoms with Crippen LogP contribution in [0.15, 0.2) is 77.7 Å². The fourth-order valence-corrected chi connectivity index (χ4v) is 4.75. The molecule has 0 aromatic heterocycles. The largest absolute Gasteiger partial charge is 0.462 e. The van der Waals surface area contributed by atoms with E-state index in [-0.39, 0.29) is 42.3 Å². The van der Waals surface area contributed by atoms with Crippen molar-refractivity contribution in [1.82, 2.24) is 10.2 Å². The molecule has 0 saturated heterocycles. The minimum absolute atomic E-state index is 0.00985. The predicted molar refractivity (Wildman–Crippen MR) is 159 cm³/mol. The van der Waals surface area contributed by atoms with Gasteiger partial charge in [-0.05, 0) is 48.7 Å². The van der Waals surface area contributed by atoms with Gasteiger partial charge in [0.1, 0.15) is 24.8 Å². The van der Waals surface area contributed by atoms with E-state index in [1.54, 1.807) is 71.6 Å². The van der Waals surface area contributed by atoms with Gasteiger partial charge in [-0.1, -0.05) is 55.5 Å². The summed E-state index contributed by atoms with van der Waals surface area (Å²) in [5.74, 6) is -0.436. The summed E-state index contributed by atoms with van der Waals surface area (Å²) in [5.41, 5.74) is 2.10. The molecular formula is C30H34N4O8S. The first kappa shape index (κ1) is 32.8. The summed E-state index contributed by atoms with van der Waals surface area (Å²) in [6.07, 6.45) is -0.817. The Hall–Kier alpha value is -4.75. The second-order valence-electron chi connectivity index (χ2n) is 9.50. The second-order valence-corrected chi connectivity index (χ2v) is 11.0. The number of carbonyl (C=O) groups is 3. The van der Waals surface area contributed by atoms with E-state index in [1.165, 1.54) is 13.0 Å². The van der Waals surface area contributed by atoms with Crippen molar-refractivity contribution >= 4 is 34.0 Å². The molecule has 13 heteroatoms. The summed E-state index contributed by atoms with van der Waals surface area (Å²) < 4.78 is 39.2. The van der Waals surface area contributed by atoms with Crippen molar-refractivity contribution in [2.75, 3.05) is 13.2 Å². The summed E-state index contributed by atoms with van der Waals surface area (Å²) in [4.78, 5) is 37.5. The van der Waals surface area contributed by atoms with Gasteiger partial charge >= 0.3 is 18.2 Å². The molecule has 0 aliphatic carbocycles. The van der Waals surface area contributed by atoms with Crippen LogP contribution >= 0.6 is 0 Å². The van der Waals surface area contributed by atoms with Crippen LogP contribution < -0.4 is 15.2 Å². The number of amidine groups is 1. The zero-order valence-electron chi connectivity index (χ0n) is 24.0. The molecule has 43 heavy (non-hydrogen) atoms. The molecule has 3 aromatic carbocycles. The van der Waals surface area contributed by atoms with Gasteiger partial charge in [-0.25, -0.2) is 23.1 Å². The number of hydrogen-bond acceptors (Lipinski definition) is 9. The Balaban J connectivity index is 1.68. The van der Waals surface area contributed by atoms with E-state index in [4.69, 9.17) is 24.8 Å². The van der Waals surface area contributed by atoms with Crippen LogP contribution in [0.1, 0.15) is 38.3 Å². The maximum Gasteiger partial charge on any atom is 0.415 e. The zero-order chi connectivity index (χ0) is 31.6. The van der Waals surface area contributed by atoms with Crippen molar-refractivity contribution < 1.29 is 37.0 Å². The molecule has 228 valence electrons. The lowest BCUT2D eigenvalue weighted by atomic mass is 10.1. The number of nitrogens with zero attached hydrogens (tertiary/aromatic N) is 1. The topological polar surface area (TPSA) is 178 Å². The van der Waals surface area contributed by atoms with Crippen molar-refractivity contribution in [1.29, 1.82) is 5.41 Å². The lowest BCUT2D eigenvalue weighted by Gasteiger charge is -2.28. The SMILES string of the molecule is CCC(C)N(Cc1cccc(C(=N)NC(=O)OCCOC(C)=O)c1)C(=O)Oc1ccc(-c2ccccc2S(N)(=O)=O)cc1. The molecule has 3 aromatic rings. The number of sulfonamides is 1. The number of alkyl carbamates (subject to hydrolysis) is 1. The van der Waals surface area contributed by atoms with Gasteiger partial charge in [-0.2, -0.15) is 0 Å². The molecule has 2 amide bonds. The Morgan fingerprint density at radius 1 is 0.977 bits per heavy atom. The highest BCUT2D eigenvalue weighted by Crippen LogP contribution is 2.28. The van der Waals surface area contributed by atoms with Gasteiger partial charge in [0.2, 0.25) is 10.0 Å². The molecule has 0 spiro atoms.